The number of hydrogen-bond donors (Lipinski definition) is 3. The molecule has 0 saturated heterocycles. The van der Waals surface area contributed by atoms with Gasteiger partial charge in [-0.1, -0.05) is 0 Å². The number of rotatable bonds is 3. The van der Waals surface area contributed by atoms with Crippen molar-refractivity contribution in [3.63, 3.8) is 0 Å². The van der Waals surface area contributed by atoms with Crippen LogP contribution in [0.5, 0.6) is 0 Å². The molecule has 5 heteroatoms. The SMILES string of the molecule is [2H]C([2H])([2H])[C@H](C(=O)O)[C@H](N)C(=O)O. The summed E-state index contributed by atoms with van der Waals surface area (Å²) >= 11 is 0. The molecule has 0 rings (SSSR count). The zero-order chi connectivity index (χ0) is 10.8. The van der Waals surface area contributed by atoms with Gasteiger partial charge in [0.25, 0.3) is 0 Å². The Hall–Kier alpha value is -1.10. The van der Waals surface area contributed by atoms with Gasteiger partial charge in [-0.3, -0.25) is 9.59 Å². The number of nitrogens with two attached hydrogens (primary N) is 1. The van der Waals surface area contributed by atoms with Crippen LogP contribution in [0.1, 0.15) is 11.0 Å². The predicted octanol–water partition coefficient (Wildman–Crippen LogP) is -0.881. The van der Waals surface area contributed by atoms with Crippen LogP contribution in [0.3, 0.4) is 0 Å². The van der Waals surface area contributed by atoms with Crippen LogP contribution in [-0.2, 0) is 9.59 Å². The van der Waals surface area contributed by atoms with Gasteiger partial charge in [0.15, 0.2) is 0 Å². The van der Waals surface area contributed by atoms with Gasteiger partial charge in [-0.2, -0.15) is 0 Å². The van der Waals surface area contributed by atoms with Gasteiger partial charge < -0.3 is 15.9 Å². The summed E-state index contributed by atoms with van der Waals surface area (Å²) in [6, 6.07) is -1.93. The Morgan fingerprint density at radius 3 is 2.10 bits per heavy atom. The van der Waals surface area contributed by atoms with Gasteiger partial charge in [-0.15, -0.1) is 0 Å². The maximum Gasteiger partial charge on any atom is 0.321 e. The molecule has 0 aromatic carbocycles. The Labute approximate surface area is 61.7 Å². The number of aliphatic carboxylic acids is 2. The van der Waals surface area contributed by atoms with E-state index < -0.39 is 30.8 Å². The molecule has 2 atom stereocenters. The zero-order valence-electron chi connectivity index (χ0n) is 7.94. The first kappa shape index (κ1) is 4.68. The molecule has 0 bridgehead atoms. The van der Waals surface area contributed by atoms with E-state index in [9.17, 15) is 9.59 Å². The van der Waals surface area contributed by atoms with Crippen molar-refractivity contribution in [2.24, 2.45) is 11.7 Å². The lowest BCUT2D eigenvalue weighted by molar-refractivity contribution is -0.149. The van der Waals surface area contributed by atoms with Gasteiger partial charge in [0.2, 0.25) is 0 Å². The standard InChI is InChI=1S/C5H9NO4/c1-2(4(7)8)3(6)5(9)10/h2-3H,6H2,1H3,(H,7,8)(H,9,10)/t2-,3-/m0/s1/i1D3. The summed E-state index contributed by atoms with van der Waals surface area (Å²) in [5.74, 6) is -5.47. The summed E-state index contributed by atoms with van der Waals surface area (Å²) in [6.45, 7) is -2.91. The van der Waals surface area contributed by atoms with Crippen molar-refractivity contribution in [2.45, 2.75) is 12.9 Å². The highest BCUT2D eigenvalue weighted by molar-refractivity contribution is 5.82. The van der Waals surface area contributed by atoms with Crippen LogP contribution >= 0.6 is 0 Å². The van der Waals surface area contributed by atoms with Gasteiger partial charge in [-0.25, -0.2) is 0 Å². The minimum Gasteiger partial charge on any atom is -0.481 e. The van der Waals surface area contributed by atoms with E-state index in [1.165, 1.54) is 0 Å². The molecule has 4 N–H and O–H groups in total. The van der Waals surface area contributed by atoms with Crippen molar-refractivity contribution in [3.8, 4) is 0 Å². The average Bonchev–Trinajstić information content (AvgIpc) is 1.82. The molecule has 0 aromatic heterocycles. The monoisotopic (exact) mass is 150 g/mol. The number of carboxylic acids is 2. The lowest BCUT2D eigenvalue weighted by Crippen LogP contribution is -2.40. The third kappa shape index (κ3) is 2.02. The van der Waals surface area contributed by atoms with Crippen LogP contribution in [0.4, 0.5) is 0 Å². The summed E-state index contributed by atoms with van der Waals surface area (Å²) in [7, 11) is 0. The Bertz CT molecular complexity index is 226. The summed E-state index contributed by atoms with van der Waals surface area (Å²) in [5.41, 5.74) is 4.91. The van der Waals surface area contributed by atoms with E-state index >= 15 is 0 Å². The quantitative estimate of drug-likeness (QED) is 0.485. The van der Waals surface area contributed by atoms with E-state index in [1.807, 2.05) is 0 Å². The summed E-state index contributed by atoms with van der Waals surface area (Å²) < 4.78 is 20.3. The third-order valence-electron chi connectivity index (χ3n) is 0.910. The Balaban J connectivity index is 4.83. The summed E-state index contributed by atoms with van der Waals surface area (Å²) in [6.07, 6.45) is 0. The molecule has 0 spiro atoms. The van der Waals surface area contributed by atoms with Crippen molar-refractivity contribution >= 4 is 11.9 Å². The molecule has 0 saturated carbocycles. The smallest absolute Gasteiger partial charge is 0.321 e. The summed E-state index contributed by atoms with van der Waals surface area (Å²) in [4.78, 5) is 20.6. The van der Waals surface area contributed by atoms with E-state index in [-0.39, 0.29) is 0 Å². The maximum atomic E-state index is 10.4. The molecule has 0 radical (unpaired) electrons. The molecule has 0 aliphatic rings. The molecule has 10 heavy (non-hydrogen) atoms. The van der Waals surface area contributed by atoms with Gasteiger partial charge in [-0.05, 0) is 6.85 Å². The highest BCUT2D eigenvalue weighted by Gasteiger charge is 2.25. The lowest BCUT2D eigenvalue weighted by atomic mass is 10.0. The van der Waals surface area contributed by atoms with Crippen molar-refractivity contribution in [1.82, 2.24) is 0 Å². The fraction of sp³-hybridized carbons (Fsp3) is 0.600. The first-order chi connectivity index (χ1) is 5.68. The second-order valence-corrected chi connectivity index (χ2v) is 1.68. The number of hydrogen-bond acceptors (Lipinski definition) is 3. The highest BCUT2D eigenvalue weighted by atomic mass is 16.4. The maximum absolute atomic E-state index is 10.4. The van der Waals surface area contributed by atoms with Crippen LogP contribution in [0.2, 0.25) is 0 Å². The first-order valence-electron chi connectivity index (χ1n) is 3.89. The van der Waals surface area contributed by atoms with Gasteiger partial charge >= 0.3 is 11.9 Å². The van der Waals surface area contributed by atoms with E-state index in [1.54, 1.807) is 0 Å². The van der Waals surface area contributed by atoms with E-state index in [0.29, 0.717) is 0 Å². The Kier molecular flexibility index (Phi) is 1.48. The van der Waals surface area contributed by atoms with E-state index in [2.05, 4.69) is 0 Å². The molecular weight excluding hydrogens is 138 g/mol. The van der Waals surface area contributed by atoms with Crippen LogP contribution < -0.4 is 5.73 Å². The predicted molar refractivity (Wildman–Crippen MR) is 32.4 cm³/mol. The fourth-order valence-corrected chi connectivity index (χ4v) is 0.296. The van der Waals surface area contributed by atoms with Crippen molar-refractivity contribution in [1.29, 1.82) is 0 Å². The summed E-state index contributed by atoms with van der Waals surface area (Å²) in [5, 5.41) is 16.8. The number of carboxylic acid groups (broad SMARTS) is 2. The zero-order valence-corrected chi connectivity index (χ0v) is 4.94. The first-order valence-corrected chi connectivity index (χ1v) is 2.39. The second-order valence-electron chi connectivity index (χ2n) is 1.68. The van der Waals surface area contributed by atoms with Crippen LogP contribution in [-0.4, -0.2) is 28.2 Å². The molecule has 0 fully saturated rings. The molecule has 0 amide bonds. The van der Waals surface area contributed by atoms with E-state index in [4.69, 9.17) is 20.1 Å². The van der Waals surface area contributed by atoms with Crippen LogP contribution in [0.25, 0.3) is 0 Å². The normalized spacial score (nSPS) is 21.5. The lowest BCUT2D eigenvalue weighted by Gasteiger charge is -2.09. The molecular formula is C5H9NO4. The average molecular weight is 150 g/mol. The molecule has 0 aliphatic heterocycles. The minimum atomic E-state index is -2.91. The van der Waals surface area contributed by atoms with Crippen LogP contribution in [0, 0.1) is 5.92 Å². The topological polar surface area (TPSA) is 101 Å². The fourth-order valence-electron chi connectivity index (χ4n) is 0.296. The largest absolute Gasteiger partial charge is 0.481 e. The molecule has 0 aromatic rings. The van der Waals surface area contributed by atoms with Crippen LogP contribution in [0.15, 0.2) is 0 Å². The van der Waals surface area contributed by atoms with Gasteiger partial charge in [0.1, 0.15) is 6.04 Å². The molecule has 0 heterocycles. The molecule has 58 valence electrons. The van der Waals surface area contributed by atoms with Crippen molar-refractivity contribution < 1.29 is 23.9 Å². The second kappa shape index (κ2) is 3.17. The van der Waals surface area contributed by atoms with Gasteiger partial charge in [0, 0.05) is 4.11 Å². The molecule has 0 aliphatic carbocycles. The Morgan fingerprint density at radius 2 is 2.00 bits per heavy atom. The van der Waals surface area contributed by atoms with Gasteiger partial charge in [0.05, 0.1) is 5.92 Å². The molecule has 0 unspecified atom stereocenters. The van der Waals surface area contributed by atoms with E-state index in [0.717, 1.165) is 0 Å². The minimum absolute atomic E-state index is 1.65. The third-order valence-corrected chi connectivity index (χ3v) is 0.910. The Morgan fingerprint density at radius 1 is 1.50 bits per heavy atom. The number of carbonyl (C=O) groups is 2. The van der Waals surface area contributed by atoms with Crippen molar-refractivity contribution in [2.75, 3.05) is 0 Å². The highest BCUT2D eigenvalue weighted by Crippen LogP contribution is 1.99. The van der Waals surface area contributed by atoms with Crippen molar-refractivity contribution in [3.05, 3.63) is 0 Å². The molecule has 5 nitrogen and oxygen atoms in total.